The molecule has 0 spiro atoms. The van der Waals surface area contributed by atoms with Gasteiger partial charge in [0.2, 0.25) is 0 Å². The van der Waals surface area contributed by atoms with Crippen LogP contribution in [-0.2, 0) is 12.8 Å². The molecule has 0 bridgehead atoms. The van der Waals surface area contributed by atoms with Crippen molar-refractivity contribution in [3.05, 3.63) is 119 Å². The molecule has 0 aromatic heterocycles. The number of hydrogen-bond acceptors (Lipinski definition) is 7. The highest BCUT2D eigenvalue weighted by Gasteiger charge is 2.16. The van der Waals surface area contributed by atoms with Crippen molar-refractivity contribution in [3.8, 4) is 11.5 Å². The van der Waals surface area contributed by atoms with Crippen molar-refractivity contribution in [2.75, 3.05) is 62.4 Å². The second-order valence-electron chi connectivity index (χ2n) is 9.88. The molecule has 4 aromatic rings. The van der Waals surface area contributed by atoms with Crippen molar-refractivity contribution in [2.24, 2.45) is 0 Å². The van der Waals surface area contributed by atoms with Crippen LogP contribution < -0.4 is 14.5 Å². The van der Waals surface area contributed by atoms with Crippen LogP contribution in [-0.4, -0.2) is 73.0 Å². The number of nitrogens with zero attached hydrogens (tertiary/aromatic N) is 2. The Hall–Kier alpha value is -3.88. The summed E-state index contributed by atoms with van der Waals surface area (Å²) < 4.78 is 6.66. The molecule has 7 nitrogen and oxygen atoms in total. The van der Waals surface area contributed by atoms with E-state index in [9.17, 15) is 20.4 Å². The summed E-state index contributed by atoms with van der Waals surface area (Å²) in [7, 11) is 0. The second kappa shape index (κ2) is 15.8. The normalized spacial score (nSPS) is 10.9. The number of aliphatic hydroxyl groups is 4. The van der Waals surface area contributed by atoms with Gasteiger partial charge in [-0.3, -0.25) is 0 Å². The van der Waals surface area contributed by atoms with Crippen molar-refractivity contribution in [2.45, 2.75) is 12.8 Å². The average molecular weight is 557 g/mol. The lowest BCUT2D eigenvalue weighted by Gasteiger charge is -2.26. The van der Waals surface area contributed by atoms with Crippen LogP contribution in [0.15, 0.2) is 97.1 Å². The van der Waals surface area contributed by atoms with Crippen molar-refractivity contribution in [1.29, 1.82) is 0 Å². The Bertz CT molecular complexity index is 1220. The number of hydrogen-bond donors (Lipinski definition) is 4. The smallest absolute Gasteiger partial charge is 0.131 e. The molecule has 0 heterocycles. The van der Waals surface area contributed by atoms with Gasteiger partial charge in [0.15, 0.2) is 0 Å². The van der Waals surface area contributed by atoms with E-state index >= 15 is 0 Å². The summed E-state index contributed by atoms with van der Waals surface area (Å²) in [5, 5.41) is 38.3. The summed E-state index contributed by atoms with van der Waals surface area (Å²) in [6, 6.07) is 32.4. The number of ether oxygens (including phenoxy) is 1. The Kier molecular flexibility index (Phi) is 11.6. The molecule has 4 aromatic carbocycles. The maximum Gasteiger partial charge on any atom is 0.131 e. The summed E-state index contributed by atoms with van der Waals surface area (Å²) in [6.45, 7) is 1.66. The standard InChI is InChI=1S/C34H40N2O5/c37-19-15-35(16-20-38)31-11-13-33(29(25-31)23-27-7-3-1-4-8-27)41-34-14-12-32(36(17-21-39)18-22-40)26-30(34)24-28-9-5-2-6-10-28/h1-14,25-26,37-40H,15-24H2. The molecule has 0 amide bonds. The van der Waals surface area contributed by atoms with Crippen LogP contribution in [0.4, 0.5) is 11.4 Å². The highest BCUT2D eigenvalue weighted by Crippen LogP contribution is 2.35. The minimum Gasteiger partial charge on any atom is -0.457 e. The molecule has 41 heavy (non-hydrogen) atoms. The summed E-state index contributed by atoms with van der Waals surface area (Å²) in [5.41, 5.74) is 6.10. The van der Waals surface area contributed by atoms with E-state index < -0.39 is 0 Å². The highest BCUT2D eigenvalue weighted by molar-refractivity contribution is 5.58. The van der Waals surface area contributed by atoms with Gasteiger partial charge >= 0.3 is 0 Å². The summed E-state index contributed by atoms with van der Waals surface area (Å²) in [4.78, 5) is 3.93. The van der Waals surface area contributed by atoms with E-state index in [4.69, 9.17) is 4.74 Å². The number of aliphatic hydroxyl groups excluding tert-OH is 4. The van der Waals surface area contributed by atoms with Gasteiger partial charge in [-0.1, -0.05) is 60.7 Å². The van der Waals surface area contributed by atoms with E-state index in [-0.39, 0.29) is 26.4 Å². The molecule has 0 radical (unpaired) electrons. The third-order valence-corrected chi connectivity index (χ3v) is 6.99. The Balaban J connectivity index is 1.74. The van der Waals surface area contributed by atoms with Crippen molar-refractivity contribution < 1.29 is 25.2 Å². The van der Waals surface area contributed by atoms with Gasteiger partial charge in [0.1, 0.15) is 11.5 Å². The van der Waals surface area contributed by atoms with Crippen LogP contribution >= 0.6 is 0 Å². The first kappa shape index (κ1) is 30.1. The van der Waals surface area contributed by atoms with Crippen LogP contribution in [0, 0.1) is 0 Å². The Morgan fingerprint density at radius 2 is 0.829 bits per heavy atom. The van der Waals surface area contributed by atoms with Crippen molar-refractivity contribution in [3.63, 3.8) is 0 Å². The fourth-order valence-corrected chi connectivity index (χ4v) is 4.97. The molecule has 4 rings (SSSR count). The lowest BCUT2D eigenvalue weighted by atomic mass is 10.0. The third kappa shape index (κ3) is 8.55. The molecule has 0 aliphatic rings. The van der Waals surface area contributed by atoms with Crippen LogP contribution in [0.5, 0.6) is 11.5 Å². The summed E-state index contributed by atoms with van der Waals surface area (Å²) in [6.07, 6.45) is 1.31. The molecule has 0 fully saturated rings. The molecule has 0 unspecified atom stereocenters. The molecule has 7 heteroatoms. The molecule has 0 saturated carbocycles. The fraction of sp³-hybridized carbons (Fsp3) is 0.294. The molecule has 0 saturated heterocycles. The maximum absolute atomic E-state index is 9.58. The number of benzene rings is 4. The molecule has 216 valence electrons. The van der Waals surface area contributed by atoms with Crippen LogP contribution in [0.1, 0.15) is 22.3 Å². The van der Waals surface area contributed by atoms with Gasteiger partial charge in [-0.15, -0.1) is 0 Å². The molecule has 0 aliphatic carbocycles. The van der Waals surface area contributed by atoms with Gasteiger partial charge in [-0.2, -0.15) is 0 Å². The van der Waals surface area contributed by atoms with Crippen LogP contribution in [0.25, 0.3) is 0 Å². The van der Waals surface area contributed by atoms with Gasteiger partial charge in [0.25, 0.3) is 0 Å². The Morgan fingerprint density at radius 3 is 1.17 bits per heavy atom. The topological polar surface area (TPSA) is 96.6 Å². The number of anilines is 2. The minimum atomic E-state index is -0.00888. The number of rotatable bonds is 16. The largest absolute Gasteiger partial charge is 0.457 e. The van der Waals surface area contributed by atoms with Crippen molar-refractivity contribution >= 4 is 11.4 Å². The van der Waals surface area contributed by atoms with Crippen LogP contribution in [0.3, 0.4) is 0 Å². The van der Waals surface area contributed by atoms with E-state index in [0.29, 0.717) is 39.0 Å². The second-order valence-corrected chi connectivity index (χ2v) is 9.88. The molecule has 0 aliphatic heterocycles. The Morgan fingerprint density at radius 1 is 0.463 bits per heavy atom. The van der Waals surface area contributed by atoms with Crippen LogP contribution in [0.2, 0.25) is 0 Å². The van der Waals surface area contributed by atoms with Gasteiger partial charge in [-0.05, 0) is 47.5 Å². The summed E-state index contributed by atoms with van der Waals surface area (Å²) >= 11 is 0. The van der Waals surface area contributed by atoms with Gasteiger partial charge in [-0.25, -0.2) is 0 Å². The maximum atomic E-state index is 9.58. The zero-order chi connectivity index (χ0) is 28.9. The monoisotopic (exact) mass is 556 g/mol. The van der Waals surface area contributed by atoms with E-state index in [1.165, 1.54) is 0 Å². The van der Waals surface area contributed by atoms with Gasteiger partial charge in [0.05, 0.1) is 26.4 Å². The molecule has 0 atom stereocenters. The molecule has 4 N–H and O–H groups in total. The highest BCUT2D eigenvalue weighted by atomic mass is 16.5. The lowest BCUT2D eigenvalue weighted by Crippen LogP contribution is -2.29. The molecular formula is C34H40N2O5. The fourth-order valence-electron chi connectivity index (χ4n) is 4.97. The first-order valence-electron chi connectivity index (χ1n) is 14.1. The quantitative estimate of drug-likeness (QED) is 0.164. The lowest BCUT2D eigenvalue weighted by molar-refractivity contribution is 0.280. The molecular weight excluding hydrogens is 516 g/mol. The predicted octanol–water partition coefficient (Wildman–Crippen LogP) is 4.24. The minimum absolute atomic E-state index is 0.00888. The SMILES string of the molecule is OCCN(CCO)c1ccc(Oc2ccc(N(CCO)CCO)cc2Cc2ccccc2)c(Cc2ccccc2)c1. The van der Waals surface area contributed by atoms with Gasteiger partial charge < -0.3 is 35.0 Å². The zero-order valence-electron chi connectivity index (χ0n) is 23.4. The third-order valence-electron chi connectivity index (χ3n) is 6.99. The zero-order valence-corrected chi connectivity index (χ0v) is 23.4. The van der Waals surface area contributed by atoms with E-state index in [1.54, 1.807) is 0 Å². The van der Waals surface area contributed by atoms with E-state index in [0.717, 1.165) is 45.1 Å². The first-order valence-corrected chi connectivity index (χ1v) is 14.1. The van der Waals surface area contributed by atoms with E-state index in [1.807, 2.05) is 70.5 Å². The predicted molar refractivity (Wildman–Crippen MR) is 164 cm³/mol. The van der Waals surface area contributed by atoms with Crippen molar-refractivity contribution in [1.82, 2.24) is 0 Å². The van der Waals surface area contributed by atoms with Gasteiger partial charge in [0, 0.05) is 61.5 Å². The Labute approximate surface area is 242 Å². The van der Waals surface area contributed by atoms with E-state index in [2.05, 4.69) is 36.4 Å². The first-order chi connectivity index (χ1) is 20.1. The summed E-state index contributed by atoms with van der Waals surface area (Å²) in [5.74, 6) is 1.46. The average Bonchev–Trinajstić information content (AvgIpc) is 3.00.